The number of Topliss-reactive ketones (excluding diaryl/α,β-unsaturated/α-hetero) is 1. The SMILES string of the molecule is C[C@H]1CN(C(=NC#N)c2ccccc2)CCN1C(=O)C(=O)c1c[nH]c2c(-c3nccs3)ccc(F)c12. The summed E-state index contributed by atoms with van der Waals surface area (Å²) in [6.07, 6.45) is 4.90. The second kappa shape index (κ2) is 9.71. The highest BCUT2D eigenvalue weighted by Crippen LogP contribution is 2.33. The van der Waals surface area contributed by atoms with Gasteiger partial charge in [0, 0.05) is 60.0 Å². The van der Waals surface area contributed by atoms with Crippen molar-refractivity contribution in [2.45, 2.75) is 13.0 Å². The highest BCUT2D eigenvalue weighted by atomic mass is 32.1. The largest absolute Gasteiger partial charge is 0.360 e. The number of amidine groups is 1. The third kappa shape index (κ3) is 4.14. The summed E-state index contributed by atoms with van der Waals surface area (Å²) in [6.45, 7) is 2.89. The van der Waals surface area contributed by atoms with Crippen molar-refractivity contribution >= 4 is 39.8 Å². The van der Waals surface area contributed by atoms with E-state index in [1.54, 1.807) is 12.3 Å². The molecule has 2 aromatic heterocycles. The first-order chi connectivity index (χ1) is 17.5. The highest BCUT2D eigenvalue weighted by molar-refractivity contribution is 7.13. The van der Waals surface area contributed by atoms with Crippen molar-refractivity contribution < 1.29 is 14.0 Å². The first-order valence-corrected chi connectivity index (χ1v) is 12.2. The number of hydrogen-bond donors (Lipinski definition) is 1. The molecule has 0 radical (unpaired) electrons. The van der Waals surface area contributed by atoms with Gasteiger partial charge in [0.1, 0.15) is 16.7 Å². The number of nitrogens with one attached hydrogen (secondary N) is 1. The molecule has 1 saturated heterocycles. The van der Waals surface area contributed by atoms with Crippen LogP contribution in [0.4, 0.5) is 4.39 Å². The van der Waals surface area contributed by atoms with E-state index in [0.717, 1.165) is 5.56 Å². The van der Waals surface area contributed by atoms with E-state index in [0.29, 0.717) is 35.0 Å². The molecule has 0 aliphatic carbocycles. The fourth-order valence-electron chi connectivity index (χ4n) is 4.57. The van der Waals surface area contributed by atoms with Crippen LogP contribution in [0.1, 0.15) is 22.8 Å². The number of thiazole rings is 1. The third-order valence-electron chi connectivity index (χ3n) is 6.26. The van der Waals surface area contributed by atoms with E-state index < -0.39 is 17.5 Å². The zero-order chi connectivity index (χ0) is 25.2. The minimum atomic E-state index is -0.772. The average Bonchev–Trinajstić information content (AvgIpc) is 3.58. The number of benzene rings is 2. The van der Waals surface area contributed by atoms with Crippen molar-refractivity contribution in [1.29, 1.82) is 5.26 Å². The van der Waals surface area contributed by atoms with E-state index >= 15 is 0 Å². The number of hydrogen-bond acceptors (Lipinski definition) is 6. The van der Waals surface area contributed by atoms with Gasteiger partial charge in [-0.1, -0.05) is 30.3 Å². The highest BCUT2D eigenvalue weighted by Gasteiger charge is 2.34. The summed E-state index contributed by atoms with van der Waals surface area (Å²) in [7, 11) is 0. The number of halogens is 1. The van der Waals surface area contributed by atoms with Crippen LogP contribution in [0.5, 0.6) is 0 Å². The summed E-state index contributed by atoms with van der Waals surface area (Å²) in [5.74, 6) is -1.52. The molecule has 5 rings (SSSR count). The van der Waals surface area contributed by atoms with Gasteiger partial charge in [0.05, 0.1) is 11.1 Å². The number of aromatic amines is 1. The number of fused-ring (bicyclic) bond motifs is 1. The Bertz CT molecular complexity index is 1510. The van der Waals surface area contributed by atoms with Gasteiger partial charge >= 0.3 is 0 Å². The number of aromatic nitrogens is 2. The van der Waals surface area contributed by atoms with Crippen LogP contribution in [0, 0.1) is 17.3 Å². The van der Waals surface area contributed by atoms with E-state index in [9.17, 15) is 19.2 Å². The van der Waals surface area contributed by atoms with Crippen molar-refractivity contribution in [3.05, 3.63) is 77.2 Å². The van der Waals surface area contributed by atoms with Crippen LogP contribution in [0.2, 0.25) is 0 Å². The number of nitrogens with zero attached hydrogens (tertiary/aromatic N) is 5. The molecule has 1 aliphatic rings. The Morgan fingerprint density at radius 3 is 2.72 bits per heavy atom. The van der Waals surface area contributed by atoms with Gasteiger partial charge in [-0.3, -0.25) is 9.59 Å². The molecule has 0 unspecified atom stereocenters. The van der Waals surface area contributed by atoms with Crippen LogP contribution in [-0.4, -0.2) is 63.0 Å². The molecule has 1 atom stereocenters. The van der Waals surface area contributed by atoms with Gasteiger partial charge in [-0.05, 0) is 19.1 Å². The van der Waals surface area contributed by atoms with Crippen LogP contribution < -0.4 is 0 Å². The summed E-state index contributed by atoms with van der Waals surface area (Å²) < 4.78 is 14.9. The molecule has 0 spiro atoms. The maximum absolute atomic E-state index is 14.9. The van der Waals surface area contributed by atoms with E-state index in [2.05, 4.69) is 15.0 Å². The zero-order valence-corrected chi connectivity index (χ0v) is 20.1. The van der Waals surface area contributed by atoms with Crippen molar-refractivity contribution in [2.24, 2.45) is 4.99 Å². The molecular formula is C26H21FN6O2S. The summed E-state index contributed by atoms with van der Waals surface area (Å²) in [5.41, 5.74) is 1.89. The third-order valence-corrected chi connectivity index (χ3v) is 7.07. The van der Waals surface area contributed by atoms with E-state index in [1.165, 1.54) is 28.5 Å². The van der Waals surface area contributed by atoms with Crippen molar-refractivity contribution in [3.63, 3.8) is 0 Å². The van der Waals surface area contributed by atoms with Crippen LogP contribution in [0.15, 0.2) is 65.2 Å². The van der Waals surface area contributed by atoms with Crippen LogP contribution in [0.25, 0.3) is 21.5 Å². The monoisotopic (exact) mass is 500 g/mol. The first kappa shape index (κ1) is 23.4. The molecule has 4 aromatic rings. The number of H-pyrrole nitrogens is 1. The van der Waals surface area contributed by atoms with Gasteiger partial charge in [0.15, 0.2) is 0 Å². The lowest BCUT2D eigenvalue weighted by Gasteiger charge is -2.40. The molecular weight excluding hydrogens is 479 g/mol. The molecule has 3 heterocycles. The van der Waals surface area contributed by atoms with Crippen LogP contribution >= 0.6 is 11.3 Å². The van der Waals surface area contributed by atoms with E-state index in [1.807, 2.05) is 53.7 Å². The molecule has 1 N–H and O–H groups in total. The molecule has 0 bridgehead atoms. The number of aliphatic imine (C=N–C) groups is 1. The smallest absolute Gasteiger partial charge is 0.295 e. The van der Waals surface area contributed by atoms with E-state index in [-0.39, 0.29) is 23.5 Å². The normalized spacial score (nSPS) is 16.2. The number of rotatable bonds is 4. The molecule has 8 nitrogen and oxygen atoms in total. The Kier molecular flexibility index (Phi) is 6.31. The average molecular weight is 501 g/mol. The summed E-state index contributed by atoms with van der Waals surface area (Å²) in [5, 5.41) is 11.8. The summed E-state index contributed by atoms with van der Waals surface area (Å²) in [6, 6.07) is 11.9. The number of carbonyl (C=O) groups excluding carboxylic acids is 2. The van der Waals surface area contributed by atoms with Gasteiger partial charge in [0.2, 0.25) is 6.19 Å². The predicted octanol–water partition coefficient (Wildman–Crippen LogP) is 4.07. The number of nitriles is 1. The standard InChI is InChI=1S/C26H21FN6O2S/c1-16-14-32(24(31-15-28)17-5-3-2-4-6-17)10-11-33(16)26(35)23(34)19-13-30-22-18(25-29-9-12-36-25)7-8-20(27)21(19)22/h2-9,12-13,16,30H,10-11,14H2,1H3/t16-/m0/s1. The molecule has 0 saturated carbocycles. The van der Waals surface area contributed by atoms with Crippen LogP contribution in [-0.2, 0) is 4.79 Å². The fourth-order valence-corrected chi connectivity index (χ4v) is 5.24. The number of amides is 1. The Labute approximate surface area is 210 Å². The zero-order valence-electron chi connectivity index (χ0n) is 19.3. The van der Waals surface area contributed by atoms with Gasteiger partial charge in [-0.2, -0.15) is 10.3 Å². The maximum Gasteiger partial charge on any atom is 0.295 e. The Morgan fingerprint density at radius 2 is 2.03 bits per heavy atom. The van der Waals surface area contributed by atoms with Gasteiger partial charge in [-0.15, -0.1) is 11.3 Å². The van der Waals surface area contributed by atoms with E-state index in [4.69, 9.17) is 0 Å². The quantitative estimate of drug-likeness (QED) is 0.150. The van der Waals surface area contributed by atoms with Gasteiger partial charge in [-0.25, -0.2) is 9.37 Å². The Morgan fingerprint density at radius 1 is 1.22 bits per heavy atom. The van der Waals surface area contributed by atoms with Gasteiger partial charge in [0.25, 0.3) is 11.7 Å². The fraction of sp³-hybridized carbons (Fsp3) is 0.192. The number of ketones is 1. The van der Waals surface area contributed by atoms with Crippen molar-refractivity contribution in [2.75, 3.05) is 19.6 Å². The summed E-state index contributed by atoms with van der Waals surface area (Å²) >= 11 is 1.40. The molecule has 1 fully saturated rings. The minimum absolute atomic E-state index is 0.00319. The first-order valence-electron chi connectivity index (χ1n) is 11.3. The number of piperazine rings is 1. The second-order valence-electron chi connectivity index (χ2n) is 8.41. The van der Waals surface area contributed by atoms with Crippen molar-refractivity contribution in [1.82, 2.24) is 19.8 Å². The molecule has 10 heteroatoms. The minimum Gasteiger partial charge on any atom is -0.360 e. The lowest BCUT2D eigenvalue weighted by atomic mass is 10.0. The lowest BCUT2D eigenvalue weighted by Crippen LogP contribution is -2.57. The molecule has 180 valence electrons. The Hall–Kier alpha value is -4.36. The lowest BCUT2D eigenvalue weighted by molar-refractivity contribution is -0.130. The molecule has 1 amide bonds. The predicted molar refractivity (Wildman–Crippen MR) is 135 cm³/mol. The molecule has 36 heavy (non-hydrogen) atoms. The van der Waals surface area contributed by atoms with Gasteiger partial charge < -0.3 is 14.8 Å². The topological polar surface area (TPSA) is 105 Å². The Balaban J connectivity index is 1.39. The number of carbonyl (C=O) groups is 2. The molecule has 1 aliphatic heterocycles. The second-order valence-corrected chi connectivity index (χ2v) is 9.30. The van der Waals surface area contributed by atoms with Crippen molar-refractivity contribution in [3.8, 4) is 16.8 Å². The van der Waals surface area contributed by atoms with Crippen LogP contribution in [0.3, 0.4) is 0 Å². The molecule has 2 aromatic carbocycles. The summed E-state index contributed by atoms with van der Waals surface area (Å²) in [4.78, 5) is 41.2. The maximum atomic E-state index is 14.9.